The van der Waals surface area contributed by atoms with Crippen LogP contribution < -0.4 is 15.0 Å². The SMILES string of the molecule is CC=c1cc[n+]2c(c1=CC)-c1ccccc1C(C)(CC)C2(C)CC. The van der Waals surface area contributed by atoms with E-state index < -0.39 is 0 Å². The van der Waals surface area contributed by atoms with Crippen molar-refractivity contribution in [1.82, 2.24) is 0 Å². The van der Waals surface area contributed by atoms with E-state index in [2.05, 4.69) is 94.8 Å². The molecule has 2 aromatic rings. The monoisotopic (exact) mass is 320 g/mol. The van der Waals surface area contributed by atoms with Crippen LogP contribution in [0, 0.1) is 0 Å². The van der Waals surface area contributed by atoms with E-state index in [1.165, 1.54) is 27.3 Å². The number of rotatable bonds is 2. The lowest BCUT2D eigenvalue weighted by Crippen LogP contribution is -2.69. The number of hydrogen-bond acceptors (Lipinski definition) is 0. The van der Waals surface area contributed by atoms with Crippen molar-refractivity contribution in [2.75, 3.05) is 0 Å². The Morgan fingerprint density at radius 3 is 2.25 bits per heavy atom. The largest absolute Gasteiger partial charge is 0.220 e. The van der Waals surface area contributed by atoms with Gasteiger partial charge < -0.3 is 0 Å². The Hall–Kier alpha value is -1.89. The van der Waals surface area contributed by atoms with Gasteiger partial charge in [0.15, 0.2) is 11.7 Å². The molecule has 24 heavy (non-hydrogen) atoms. The van der Waals surface area contributed by atoms with E-state index in [0.717, 1.165) is 12.8 Å². The molecule has 0 amide bonds. The van der Waals surface area contributed by atoms with Crippen LogP contribution >= 0.6 is 0 Å². The molecule has 1 aliphatic rings. The molecule has 0 spiro atoms. The lowest BCUT2D eigenvalue weighted by Gasteiger charge is -2.46. The van der Waals surface area contributed by atoms with Crippen molar-refractivity contribution in [1.29, 1.82) is 0 Å². The maximum absolute atomic E-state index is 2.56. The smallest absolute Gasteiger partial charge is 0.192 e. The van der Waals surface area contributed by atoms with Crippen molar-refractivity contribution < 1.29 is 4.57 Å². The molecule has 0 saturated heterocycles. The fraction of sp³-hybridized carbons (Fsp3) is 0.435. The summed E-state index contributed by atoms with van der Waals surface area (Å²) in [5.74, 6) is 0. The molecule has 0 N–H and O–H groups in total. The lowest BCUT2D eigenvalue weighted by atomic mass is 9.60. The number of pyridine rings is 1. The Bertz CT molecular complexity index is 893. The molecule has 2 atom stereocenters. The number of hydrogen-bond donors (Lipinski definition) is 0. The number of nitrogens with zero attached hydrogens (tertiary/aromatic N) is 1. The minimum Gasteiger partial charge on any atom is -0.192 e. The summed E-state index contributed by atoms with van der Waals surface area (Å²) in [4.78, 5) is 0. The van der Waals surface area contributed by atoms with Crippen molar-refractivity contribution in [2.24, 2.45) is 0 Å². The van der Waals surface area contributed by atoms with Crippen LogP contribution in [0.1, 0.15) is 59.9 Å². The molecule has 0 bridgehead atoms. The van der Waals surface area contributed by atoms with Gasteiger partial charge in [-0.25, -0.2) is 0 Å². The van der Waals surface area contributed by atoms with Gasteiger partial charge in [-0.2, -0.15) is 4.57 Å². The average Bonchev–Trinajstić information content (AvgIpc) is 2.64. The van der Waals surface area contributed by atoms with Crippen molar-refractivity contribution in [3.8, 4) is 11.3 Å². The summed E-state index contributed by atoms with van der Waals surface area (Å²) in [6, 6.07) is 11.3. The van der Waals surface area contributed by atoms with Crippen LogP contribution in [0.5, 0.6) is 0 Å². The van der Waals surface area contributed by atoms with Gasteiger partial charge in [0.25, 0.3) is 0 Å². The Morgan fingerprint density at radius 1 is 0.958 bits per heavy atom. The third-order valence-electron chi connectivity index (χ3n) is 6.70. The van der Waals surface area contributed by atoms with E-state index in [1.54, 1.807) is 0 Å². The molecule has 3 rings (SSSR count). The van der Waals surface area contributed by atoms with E-state index >= 15 is 0 Å². The second-order valence-corrected chi connectivity index (χ2v) is 7.34. The van der Waals surface area contributed by atoms with Gasteiger partial charge in [0.1, 0.15) is 0 Å². The van der Waals surface area contributed by atoms with E-state index in [0.29, 0.717) is 0 Å². The molecule has 1 aromatic heterocycles. The van der Waals surface area contributed by atoms with Gasteiger partial charge in [0, 0.05) is 24.6 Å². The van der Waals surface area contributed by atoms with E-state index in [-0.39, 0.29) is 11.0 Å². The molecule has 1 aromatic carbocycles. The molecular formula is C23H30N+. The van der Waals surface area contributed by atoms with Gasteiger partial charge in [-0.05, 0) is 44.0 Å². The van der Waals surface area contributed by atoms with E-state index in [4.69, 9.17) is 0 Å². The first-order valence-electron chi connectivity index (χ1n) is 9.26. The summed E-state index contributed by atoms with van der Waals surface area (Å²) < 4.78 is 2.56. The van der Waals surface area contributed by atoms with Crippen LogP contribution in [-0.2, 0) is 11.0 Å². The predicted molar refractivity (Wildman–Crippen MR) is 103 cm³/mol. The molecule has 0 saturated carbocycles. The maximum atomic E-state index is 2.56. The molecule has 1 aliphatic heterocycles. The number of aromatic nitrogens is 1. The number of benzene rings is 1. The Morgan fingerprint density at radius 2 is 1.67 bits per heavy atom. The first-order valence-corrected chi connectivity index (χ1v) is 9.26. The quantitative estimate of drug-likeness (QED) is 0.735. The highest BCUT2D eigenvalue weighted by Gasteiger charge is 2.56. The van der Waals surface area contributed by atoms with Crippen LogP contribution in [0.25, 0.3) is 23.4 Å². The van der Waals surface area contributed by atoms with Crippen LogP contribution in [0.4, 0.5) is 0 Å². The standard InChI is InChI=1S/C23H30N/c1-7-17-15-16-24-21(18(17)8-2)19-13-11-12-14-20(19)22(5,9-3)23(24,6)10-4/h7-8,11-16H,9-10H2,1-6H3/q+1. The van der Waals surface area contributed by atoms with Gasteiger partial charge >= 0.3 is 0 Å². The van der Waals surface area contributed by atoms with Gasteiger partial charge in [0.2, 0.25) is 5.69 Å². The molecule has 2 unspecified atom stereocenters. The molecule has 126 valence electrons. The van der Waals surface area contributed by atoms with Crippen molar-refractivity contribution in [3.05, 3.63) is 52.5 Å². The van der Waals surface area contributed by atoms with Gasteiger partial charge in [-0.3, -0.25) is 0 Å². The normalized spacial score (nSPS) is 27.1. The van der Waals surface area contributed by atoms with E-state index in [9.17, 15) is 0 Å². The third kappa shape index (κ3) is 1.97. The average molecular weight is 321 g/mol. The van der Waals surface area contributed by atoms with Gasteiger partial charge in [-0.1, -0.05) is 44.2 Å². The molecule has 0 aliphatic carbocycles. The highest BCUT2D eigenvalue weighted by Crippen LogP contribution is 2.48. The molecule has 1 heteroatoms. The third-order valence-corrected chi connectivity index (χ3v) is 6.70. The molecular weight excluding hydrogens is 290 g/mol. The molecule has 0 radical (unpaired) electrons. The van der Waals surface area contributed by atoms with Crippen molar-refractivity contribution >= 4 is 12.2 Å². The minimum absolute atomic E-state index is 0.0649. The van der Waals surface area contributed by atoms with Crippen LogP contribution in [-0.4, -0.2) is 0 Å². The summed E-state index contributed by atoms with van der Waals surface area (Å²) >= 11 is 0. The highest BCUT2D eigenvalue weighted by atomic mass is 15.1. The summed E-state index contributed by atoms with van der Waals surface area (Å²) in [6.07, 6.45) is 9.04. The minimum atomic E-state index is 0.0649. The summed E-state index contributed by atoms with van der Waals surface area (Å²) in [7, 11) is 0. The second kappa shape index (κ2) is 5.88. The molecule has 2 heterocycles. The lowest BCUT2D eigenvalue weighted by molar-refractivity contribution is -0.765. The predicted octanol–water partition coefficient (Wildman–Crippen LogP) is 4.05. The zero-order valence-corrected chi connectivity index (χ0v) is 16.0. The maximum Gasteiger partial charge on any atom is 0.220 e. The summed E-state index contributed by atoms with van der Waals surface area (Å²) in [5, 5.41) is 2.67. The zero-order valence-electron chi connectivity index (χ0n) is 16.0. The van der Waals surface area contributed by atoms with Crippen molar-refractivity contribution in [3.63, 3.8) is 0 Å². The number of fused-ring (bicyclic) bond motifs is 3. The fourth-order valence-corrected chi connectivity index (χ4v) is 4.69. The first kappa shape index (κ1) is 17.0. The van der Waals surface area contributed by atoms with Gasteiger partial charge in [-0.15, -0.1) is 0 Å². The van der Waals surface area contributed by atoms with Gasteiger partial charge in [0.05, 0.1) is 11.0 Å². The van der Waals surface area contributed by atoms with E-state index in [1.807, 2.05) is 0 Å². The zero-order chi connectivity index (χ0) is 17.5. The van der Waals surface area contributed by atoms with Crippen molar-refractivity contribution in [2.45, 2.75) is 65.3 Å². The topological polar surface area (TPSA) is 3.88 Å². The Kier molecular flexibility index (Phi) is 4.15. The fourth-order valence-electron chi connectivity index (χ4n) is 4.69. The Balaban J connectivity index is 2.58. The highest BCUT2D eigenvalue weighted by molar-refractivity contribution is 5.67. The van der Waals surface area contributed by atoms with Crippen LogP contribution in [0.2, 0.25) is 0 Å². The Labute approximate surface area is 146 Å². The van der Waals surface area contributed by atoms with Crippen LogP contribution in [0.3, 0.4) is 0 Å². The summed E-state index contributed by atoms with van der Waals surface area (Å²) in [5.41, 5.74) is 4.45. The second-order valence-electron chi connectivity index (χ2n) is 7.34. The summed E-state index contributed by atoms with van der Waals surface area (Å²) in [6.45, 7) is 13.8. The molecule has 0 fully saturated rings. The van der Waals surface area contributed by atoms with Crippen LogP contribution in [0.15, 0.2) is 36.5 Å². The molecule has 1 nitrogen and oxygen atoms in total. The first-order chi connectivity index (χ1) is 11.5.